The van der Waals surface area contributed by atoms with Crippen LogP contribution < -0.4 is 5.32 Å². The van der Waals surface area contributed by atoms with Crippen LogP contribution in [0.1, 0.15) is 0 Å². The van der Waals surface area contributed by atoms with E-state index >= 15 is 0 Å². The van der Waals surface area contributed by atoms with Crippen molar-refractivity contribution >= 4 is 28.6 Å². The van der Waals surface area contributed by atoms with E-state index < -0.39 is 0 Å². The number of anilines is 1. The maximum absolute atomic E-state index is 4.29. The van der Waals surface area contributed by atoms with Gasteiger partial charge in [0.25, 0.3) is 0 Å². The van der Waals surface area contributed by atoms with Crippen molar-refractivity contribution in [1.82, 2.24) is 19.9 Å². The third-order valence-corrected chi connectivity index (χ3v) is 2.31. The monoisotopic (exact) mass is 207 g/mol. The highest BCUT2D eigenvalue weighted by atomic mass is 32.2. The predicted octanol–water partition coefficient (Wildman–Crippen LogP) is 1.18. The van der Waals surface area contributed by atoms with Gasteiger partial charge in [0.2, 0.25) is 0 Å². The Balaban J connectivity index is 2.73. The molecule has 1 N–H and O–H groups in total. The van der Waals surface area contributed by atoms with E-state index in [2.05, 4.69) is 25.3 Å². The highest BCUT2D eigenvalue weighted by molar-refractivity contribution is 7.98. The molecule has 0 unspecified atom stereocenters. The van der Waals surface area contributed by atoms with E-state index in [1.807, 2.05) is 13.3 Å². The van der Waals surface area contributed by atoms with Crippen molar-refractivity contribution in [2.45, 2.75) is 5.16 Å². The second-order valence-corrected chi connectivity index (χ2v) is 3.34. The number of hydrogen-bond donors (Lipinski definition) is 1. The largest absolute Gasteiger partial charge is 0.371 e. The van der Waals surface area contributed by atoms with Gasteiger partial charge in [-0.3, -0.25) is 0 Å². The van der Waals surface area contributed by atoms with Crippen molar-refractivity contribution < 1.29 is 0 Å². The molecule has 2 heterocycles. The molecule has 0 atom stereocenters. The number of aromatic nitrogens is 4. The molecular weight excluding hydrogens is 198 g/mol. The lowest BCUT2D eigenvalue weighted by molar-refractivity contribution is 0.993. The van der Waals surface area contributed by atoms with E-state index in [-0.39, 0.29) is 0 Å². The van der Waals surface area contributed by atoms with Gasteiger partial charge < -0.3 is 5.32 Å². The molecule has 0 amide bonds. The van der Waals surface area contributed by atoms with Crippen LogP contribution in [0.3, 0.4) is 0 Å². The van der Waals surface area contributed by atoms with E-state index in [1.165, 1.54) is 18.1 Å². The first kappa shape index (κ1) is 9.14. The van der Waals surface area contributed by atoms with Gasteiger partial charge in [0, 0.05) is 7.05 Å². The van der Waals surface area contributed by atoms with E-state index in [0.29, 0.717) is 0 Å². The van der Waals surface area contributed by atoms with Gasteiger partial charge in [-0.2, -0.15) is 0 Å². The van der Waals surface area contributed by atoms with E-state index in [9.17, 15) is 0 Å². The first-order valence-electron chi connectivity index (χ1n) is 4.04. The molecule has 5 nitrogen and oxygen atoms in total. The number of fused-ring (bicyclic) bond motifs is 1. The Hall–Kier alpha value is -1.43. The fourth-order valence-electron chi connectivity index (χ4n) is 1.13. The Morgan fingerprint density at radius 1 is 1.36 bits per heavy atom. The fraction of sp³-hybridized carbons (Fsp3) is 0.250. The normalized spacial score (nSPS) is 10.4. The molecule has 0 aliphatic carbocycles. The van der Waals surface area contributed by atoms with E-state index in [4.69, 9.17) is 0 Å². The summed E-state index contributed by atoms with van der Waals surface area (Å²) in [7, 11) is 1.81. The molecule has 2 aromatic heterocycles. The number of rotatable bonds is 2. The Labute approximate surface area is 85.4 Å². The van der Waals surface area contributed by atoms with Gasteiger partial charge >= 0.3 is 0 Å². The summed E-state index contributed by atoms with van der Waals surface area (Å²) in [5.74, 6) is 0.738. The summed E-state index contributed by atoms with van der Waals surface area (Å²) in [6.45, 7) is 0. The number of hydrogen-bond acceptors (Lipinski definition) is 6. The minimum absolute atomic E-state index is 0.719. The summed E-state index contributed by atoms with van der Waals surface area (Å²) < 4.78 is 0. The Morgan fingerprint density at radius 2 is 2.21 bits per heavy atom. The van der Waals surface area contributed by atoms with Crippen LogP contribution in [0.4, 0.5) is 5.82 Å². The molecule has 0 aromatic carbocycles. The van der Waals surface area contributed by atoms with Crippen molar-refractivity contribution in [3.63, 3.8) is 0 Å². The highest BCUT2D eigenvalue weighted by Crippen LogP contribution is 2.19. The van der Waals surface area contributed by atoms with Gasteiger partial charge in [-0.25, -0.2) is 19.9 Å². The van der Waals surface area contributed by atoms with Crippen LogP contribution in [0.15, 0.2) is 17.7 Å². The molecule has 0 fully saturated rings. The molecule has 0 aliphatic heterocycles. The second-order valence-electron chi connectivity index (χ2n) is 2.57. The fourth-order valence-corrected chi connectivity index (χ4v) is 1.50. The van der Waals surface area contributed by atoms with Gasteiger partial charge in [-0.05, 0) is 6.26 Å². The molecule has 6 heteroatoms. The smallest absolute Gasteiger partial charge is 0.189 e. The minimum atomic E-state index is 0.719. The van der Waals surface area contributed by atoms with Gasteiger partial charge in [-0.1, -0.05) is 11.8 Å². The van der Waals surface area contributed by atoms with Gasteiger partial charge in [-0.15, -0.1) is 0 Å². The molecule has 2 rings (SSSR count). The molecular formula is C8H9N5S. The number of nitrogens with zero attached hydrogens (tertiary/aromatic N) is 4. The zero-order chi connectivity index (χ0) is 9.97. The number of thioether (sulfide) groups is 1. The molecule has 0 spiro atoms. The SMILES string of the molecule is CNc1nc(SC)nc2cncnc12. The Kier molecular flexibility index (Phi) is 2.45. The predicted molar refractivity (Wildman–Crippen MR) is 56.5 cm³/mol. The van der Waals surface area contributed by atoms with Crippen molar-refractivity contribution in [1.29, 1.82) is 0 Å². The Bertz CT molecular complexity index is 458. The molecule has 2 aromatic rings. The summed E-state index contributed by atoms with van der Waals surface area (Å²) in [5.41, 5.74) is 1.51. The summed E-state index contributed by atoms with van der Waals surface area (Å²) in [5, 5.41) is 3.71. The third kappa shape index (κ3) is 1.48. The lowest BCUT2D eigenvalue weighted by Gasteiger charge is -2.04. The lowest BCUT2D eigenvalue weighted by atomic mass is 10.4. The van der Waals surface area contributed by atoms with Crippen LogP contribution in [-0.2, 0) is 0 Å². The first-order chi connectivity index (χ1) is 6.85. The highest BCUT2D eigenvalue weighted by Gasteiger charge is 2.06. The molecule has 0 bridgehead atoms. The third-order valence-electron chi connectivity index (χ3n) is 1.76. The van der Waals surface area contributed by atoms with E-state index in [0.717, 1.165) is 22.0 Å². The average molecular weight is 207 g/mol. The van der Waals surface area contributed by atoms with Crippen molar-refractivity contribution in [2.75, 3.05) is 18.6 Å². The minimum Gasteiger partial charge on any atom is -0.371 e. The van der Waals surface area contributed by atoms with Crippen LogP contribution in [-0.4, -0.2) is 33.2 Å². The zero-order valence-electron chi connectivity index (χ0n) is 7.85. The topological polar surface area (TPSA) is 63.6 Å². The van der Waals surface area contributed by atoms with Crippen LogP contribution in [0, 0.1) is 0 Å². The molecule has 72 valence electrons. The van der Waals surface area contributed by atoms with E-state index in [1.54, 1.807) is 6.20 Å². The molecule has 0 radical (unpaired) electrons. The summed E-state index contributed by atoms with van der Waals surface area (Å²) in [6.07, 6.45) is 5.11. The molecule has 0 saturated carbocycles. The standard InChI is InChI=1S/C8H9N5S/c1-9-7-6-5(3-10-4-11-6)12-8(13-7)14-2/h3-4H,1-2H3,(H,9,12,13). The quantitative estimate of drug-likeness (QED) is 0.589. The molecule has 0 saturated heterocycles. The number of nitrogens with one attached hydrogen (secondary N) is 1. The zero-order valence-corrected chi connectivity index (χ0v) is 8.67. The van der Waals surface area contributed by atoms with Crippen LogP contribution >= 0.6 is 11.8 Å². The summed E-state index contributed by atoms with van der Waals surface area (Å²) in [4.78, 5) is 16.6. The molecule has 0 aliphatic rings. The van der Waals surface area contributed by atoms with Crippen molar-refractivity contribution in [3.05, 3.63) is 12.5 Å². The lowest BCUT2D eigenvalue weighted by Crippen LogP contribution is -1.99. The van der Waals surface area contributed by atoms with Crippen molar-refractivity contribution in [3.8, 4) is 0 Å². The van der Waals surface area contributed by atoms with Crippen LogP contribution in [0.2, 0.25) is 0 Å². The second kappa shape index (κ2) is 3.75. The van der Waals surface area contributed by atoms with Crippen molar-refractivity contribution in [2.24, 2.45) is 0 Å². The van der Waals surface area contributed by atoms with Gasteiger partial charge in [0.1, 0.15) is 17.4 Å². The maximum Gasteiger partial charge on any atom is 0.189 e. The average Bonchev–Trinajstić information content (AvgIpc) is 2.27. The Morgan fingerprint density at radius 3 is 2.93 bits per heavy atom. The maximum atomic E-state index is 4.29. The van der Waals surface area contributed by atoms with Gasteiger partial charge in [0.15, 0.2) is 11.0 Å². The first-order valence-corrected chi connectivity index (χ1v) is 5.27. The summed E-state index contributed by atoms with van der Waals surface area (Å²) in [6, 6.07) is 0. The summed E-state index contributed by atoms with van der Waals surface area (Å²) >= 11 is 1.50. The molecule has 14 heavy (non-hydrogen) atoms. The van der Waals surface area contributed by atoms with Crippen LogP contribution in [0.25, 0.3) is 11.0 Å². The van der Waals surface area contributed by atoms with Crippen LogP contribution in [0.5, 0.6) is 0 Å². The van der Waals surface area contributed by atoms with Gasteiger partial charge in [0.05, 0.1) is 6.20 Å².